The van der Waals surface area contributed by atoms with E-state index in [0.717, 1.165) is 19.4 Å². The van der Waals surface area contributed by atoms with Gasteiger partial charge in [-0.15, -0.1) is 0 Å². The first-order valence-corrected chi connectivity index (χ1v) is 7.03. The highest BCUT2D eigenvalue weighted by molar-refractivity contribution is 9.10. The minimum Gasteiger partial charge on any atom is -0.378 e. The summed E-state index contributed by atoms with van der Waals surface area (Å²) in [6.45, 7) is 0.795. The van der Waals surface area contributed by atoms with E-state index in [2.05, 4.69) is 21.4 Å². The molecule has 5 heteroatoms. The molecule has 0 saturated carbocycles. The van der Waals surface area contributed by atoms with E-state index in [9.17, 15) is 4.39 Å². The van der Waals surface area contributed by atoms with Crippen LogP contribution in [0.1, 0.15) is 37.3 Å². The molecule has 18 heavy (non-hydrogen) atoms. The Morgan fingerprint density at radius 2 is 2.33 bits per heavy atom. The van der Waals surface area contributed by atoms with Crippen molar-refractivity contribution in [3.8, 4) is 0 Å². The maximum Gasteiger partial charge on any atom is 0.142 e. The predicted octanol–water partition coefficient (Wildman–Crippen LogP) is 3.05. The molecule has 1 aliphatic heterocycles. The number of ether oxygens (including phenoxy) is 1. The second-order valence-electron chi connectivity index (χ2n) is 4.59. The molecular formula is C13H18BrFN2O. The van der Waals surface area contributed by atoms with E-state index in [1.807, 2.05) is 6.07 Å². The Hall–Kier alpha value is -0.490. The van der Waals surface area contributed by atoms with Crippen LogP contribution in [0.5, 0.6) is 0 Å². The molecule has 0 amide bonds. The van der Waals surface area contributed by atoms with E-state index in [0.29, 0.717) is 16.5 Å². The quantitative estimate of drug-likeness (QED) is 0.663. The van der Waals surface area contributed by atoms with Gasteiger partial charge in [-0.25, -0.2) is 4.39 Å². The maximum atomic E-state index is 14.0. The number of hydrazine groups is 1. The molecule has 0 aromatic heterocycles. The molecule has 1 aliphatic rings. The minimum atomic E-state index is -0.253. The van der Waals surface area contributed by atoms with Gasteiger partial charge in [0.05, 0.1) is 16.6 Å². The van der Waals surface area contributed by atoms with Crippen molar-refractivity contribution in [1.29, 1.82) is 0 Å². The number of hydrogen-bond acceptors (Lipinski definition) is 3. The van der Waals surface area contributed by atoms with Crippen LogP contribution in [0.2, 0.25) is 0 Å². The lowest BCUT2D eigenvalue weighted by molar-refractivity contribution is 0.00482. The summed E-state index contributed by atoms with van der Waals surface area (Å²) in [6.07, 6.45) is 4.17. The van der Waals surface area contributed by atoms with Gasteiger partial charge in [-0.1, -0.05) is 12.1 Å². The molecule has 1 fully saturated rings. The molecule has 2 atom stereocenters. The summed E-state index contributed by atoms with van der Waals surface area (Å²) in [7, 11) is 0. The third-order valence-corrected chi connectivity index (χ3v) is 3.94. The second-order valence-corrected chi connectivity index (χ2v) is 5.44. The van der Waals surface area contributed by atoms with Crippen LogP contribution in [-0.4, -0.2) is 12.7 Å². The summed E-state index contributed by atoms with van der Waals surface area (Å²) in [5.74, 6) is 5.30. The molecule has 3 nitrogen and oxygen atoms in total. The van der Waals surface area contributed by atoms with E-state index < -0.39 is 0 Å². The van der Waals surface area contributed by atoms with Crippen LogP contribution >= 0.6 is 15.9 Å². The van der Waals surface area contributed by atoms with Crippen molar-refractivity contribution >= 4 is 15.9 Å². The fourth-order valence-electron chi connectivity index (χ4n) is 2.33. The van der Waals surface area contributed by atoms with Crippen LogP contribution in [-0.2, 0) is 4.74 Å². The Labute approximate surface area is 115 Å². The minimum absolute atomic E-state index is 0.165. The van der Waals surface area contributed by atoms with Crippen molar-refractivity contribution in [2.45, 2.75) is 37.8 Å². The number of hydrogen-bond donors (Lipinski definition) is 2. The van der Waals surface area contributed by atoms with Crippen molar-refractivity contribution in [2.75, 3.05) is 6.61 Å². The topological polar surface area (TPSA) is 47.3 Å². The molecule has 0 aliphatic carbocycles. The van der Waals surface area contributed by atoms with Crippen molar-refractivity contribution in [1.82, 2.24) is 5.43 Å². The van der Waals surface area contributed by atoms with Gasteiger partial charge in [0.1, 0.15) is 5.82 Å². The molecule has 0 bridgehead atoms. The van der Waals surface area contributed by atoms with E-state index in [4.69, 9.17) is 10.6 Å². The first-order valence-electron chi connectivity index (χ1n) is 6.24. The van der Waals surface area contributed by atoms with Crippen LogP contribution in [0.15, 0.2) is 22.7 Å². The summed E-state index contributed by atoms with van der Waals surface area (Å²) >= 11 is 3.19. The zero-order valence-corrected chi connectivity index (χ0v) is 11.7. The predicted molar refractivity (Wildman–Crippen MR) is 72.4 cm³/mol. The fourth-order valence-corrected chi connectivity index (χ4v) is 2.71. The van der Waals surface area contributed by atoms with Gasteiger partial charge < -0.3 is 4.74 Å². The smallest absolute Gasteiger partial charge is 0.142 e. The van der Waals surface area contributed by atoms with Crippen LogP contribution in [0.25, 0.3) is 0 Å². The van der Waals surface area contributed by atoms with Crippen molar-refractivity contribution in [2.24, 2.45) is 5.84 Å². The van der Waals surface area contributed by atoms with Crippen LogP contribution in [0.4, 0.5) is 4.39 Å². The van der Waals surface area contributed by atoms with Crippen LogP contribution in [0.3, 0.4) is 0 Å². The Balaban J connectivity index is 2.09. The molecule has 0 radical (unpaired) electrons. The SMILES string of the molecule is NNC(CC1CCCCO1)c1cccc(Br)c1F. The zero-order chi connectivity index (χ0) is 13.0. The third-order valence-electron chi connectivity index (χ3n) is 3.33. The van der Waals surface area contributed by atoms with Gasteiger partial charge in [-0.3, -0.25) is 11.3 Å². The number of nitrogens with two attached hydrogens (primary N) is 1. The lowest BCUT2D eigenvalue weighted by Gasteiger charge is -2.27. The number of benzene rings is 1. The van der Waals surface area contributed by atoms with Gasteiger partial charge in [-0.05, 0) is 47.7 Å². The Bertz CT molecular complexity index is 397. The monoisotopic (exact) mass is 316 g/mol. The summed E-state index contributed by atoms with van der Waals surface area (Å²) in [5.41, 5.74) is 3.28. The Morgan fingerprint density at radius 3 is 3.00 bits per heavy atom. The zero-order valence-electron chi connectivity index (χ0n) is 10.2. The van der Waals surface area contributed by atoms with Gasteiger partial charge >= 0.3 is 0 Å². The molecule has 0 spiro atoms. The Morgan fingerprint density at radius 1 is 1.50 bits per heavy atom. The maximum absolute atomic E-state index is 14.0. The van der Waals surface area contributed by atoms with E-state index >= 15 is 0 Å². The molecule has 2 unspecified atom stereocenters. The molecular weight excluding hydrogens is 299 g/mol. The van der Waals surface area contributed by atoms with Gasteiger partial charge in [0, 0.05) is 12.2 Å². The standard InChI is InChI=1S/C13H18BrFN2O/c14-11-6-3-5-10(13(11)15)12(17-16)8-9-4-1-2-7-18-9/h3,5-6,9,12,17H,1-2,4,7-8,16H2. The summed E-state index contributed by atoms with van der Waals surface area (Å²) < 4.78 is 20.1. The van der Waals surface area contributed by atoms with Crippen LogP contribution < -0.4 is 11.3 Å². The van der Waals surface area contributed by atoms with Crippen molar-refractivity contribution in [3.05, 3.63) is 34.1 Å². The number of rotatable bonds is 4. The molecule has 2 rings (SSSR count). The van der Waals surface area contributed by atoms with Gasteiger partial charge in [0.25, 0.3) is 0 Å². The average Bonchev–Trinajstić information content (AvgIpc) is 2.41. The second kappa shape index (κ2) is 6.61. The van der Waals surface area contributed by atoms with Crippen LogP contribution in [0, 0.1) is 5.82 Å². The fraction of sp³-hybridized carbons (Fsp3) is 0.538. The normalized spacial score (nSPS) is 21.8. The van der Waals surface area contributed by atoms with Gasteiger partial charge in [0.15, 0.2) is 0 Å². The largest absolute Gasteiger partial charge is 0.378 e. The van der Waals surface area contributed by atoms with Gasteiger partial charge in [-0.2, -0.15) is 0 Å². The number of halogens is 2. The summed E-state index contributed by atoms with van der Waals surface area (Å²) in [4.78, 5) is 0. The van der Waals surface area contributed by atoms with Crippen molar-refractivity contribution in [3.63, 3.8) is 0 Å². The highest BCUT2D eigenvalue weighted by atomic mass is 79.9. The highest BCUT2D eigenvalue weighted by Crippen LogP contribution is 2.28. The molecule has 1 aromatic carbocycles. The molecule has 1 aromatic rings. The van der Waals surface area contributed by atoms with E-state index in [-0.39, 0.29) is 18.0 Å². The first-order chi connectivity index (χ1) is 8.72. The van der Waals surface area contributed by atoms with Gasteiger partial charge in [0.2, 0.25) is 0 Å². The molecule has 100 valence electrons. The third kappa shape index (κ3) is 3.29. The average molecular weight is 317 g/mol. The van der Waals surface area contributed by atoms with E-state index in [1.165, 1.54) is 6.42 Å². The first kappa shape index (κ1) is 13.9. The molecule has 1 heterocycles. The lowest BCUT2D eigenvalue weighted by Crippen LogP contribution is -2.33. The molecule has 3 N–H and O–H groups in total. The highest BCUT2D eigenvalue weighted by Gasteiger charge is 2.22. The van der Waals surface area contributed by atoms with E-state index in [1.54, 1.807) is 12.1 Å². The summed E-state index contributed by atoms with van der Waals surface area (Å²) in [6, 6.07) is 5.04. The summed E-state index contributed by atoms with van der Waals surface area (Å²) in [5, 5.41) is 0. The molecule has 1 saturated heterocycles. The lowest BCUT2D eigenvalue weighted by atomic mass is 9.97. The van der Waals surface area contributed by atoms with Crippen molar-refractivity contribution < 1.29 is 9.13 Å². The number of nitrogens with one attached hydrogen (secondary N) is 1. The Kier molecular flexibility index (Phi) is 5.12.